The molecule has 0 heterocycles. The van der Waals surface area contributed by atoms with Gasteiger partial charge in [0.15, 0.2) is 0 Å². The van der Waals surface area contributed by atoms with Crippen LogP contribution in [0.4, 0.5) is 18.9 Å². The minimum Gasteiger partial charge on any atom is -0.395 e. The van der Waals surface area contributed by atoms with Gasteiger partial charge in [0.25, 0.3) is 0 Å². The van der Waals surface area contributed by atoms with E-state index in [9.17, 15) is 13.2 Å². The maximum atomic E-state index is 12.3. The molecule has 22 heavy (non-hydrogen) atoms. The summed E-state index contributed by atoms with van der Waals surface area (Å²) in [5, 5.41) is 0. The molecule has 1 aromatic rings. The van der Waals surface area contributed by atoms with E-state index in [4.69, 9.17) is 5.73 Å². The van der Waals surface area contributed by atoms with Crippen molar-refractivity contribution in [1.29, 1.82) is 0 Å². The van der Waals surface area contributed by atoms with Gasteiger partial charge < -0.3 is 5.73 Å². The summed E-state index contributed by atoms with van der Waals surface area (Å²) in [4.78, 5) is 6.43. The van der Waals surface area contributed by atoms with Gasteiger partial charge in [0.2, 0.25) is 0 Å². The third-order valence-corrected chi connectivity index (χ3v) is 3.54. The van der Waals surface area contributed by atoms with Gasteiger partial charge in [-0.25, -0.2) is 0 Å². The van der Waals surface area contributed by atoms with Gasteiger partial charge in [-0.05, 0) is 50.6 Å². The molecule has 0 radical (unpaired) electrons. The fraction of sp³-hybridized carbons (Fsp3) is 0.438. The first-order chi connectivity index (χ1) is 10.3. The third kappa shape index (κ3) is 4.87. The van der Waals surface area contributed by atoms with Gasteiger partial charge in [-0.1, -0.05) is 12.1 Å². The highest BCUT2D eigenvalue weighted by molar-refractivity contribution is 5.95. The summed E-state index contributed by atoms with van der Waals surface area (Å²) in [5.41, 5.74) is 5.82. The van der Waals surface area contributed by atoms with Crippen molar-refractivity contribution in [2.75, 3.05) is 7.05 Å². The topological polar surface area (TPSA) is 41.6 Å². The number of nitrogens with two attached hydrogens (primary N) is 1. The van der Waals surface area contributed by atoms with Crippen molar-refractivity contribution >= 4 is 11.4 Å². The molecule has 3 nitrogen and oxygen atoms in total. The molecule has 0 bridgehead atoms. The average Bonchev–Trinajstić information content (AvgIpc) is 3.24. The first-order valence-electron chi connectivity index (χ1n) is 7.14. The van der Waals surface area contributed by atoms with Crippen LogP contribution in [0.2, 0.25) is 0 Å². The lowest BCUT2D eigenvalue weighted by atomic mass is 10.2. The summed E-state index contributed by atoms with van der Waals surface area (Å²) >= 11 is 0. The minimum absolute atomic E-state index is 0.220. The Morgan fingerprint density at radius 1 is 1.32 bits per heavy atom. The molecular weight excluding hydrogens is 291 g/mol. The van der Waals surface area contributed by atoms with Crippen molar-refractivity contribution in [3.63, 3.8) is 0 Å². The van der Waals surface area contributed by atoms with Gasteiger partial charge >= 0.3 is 6.18 Å². The van der Waals surface area contributed by atoms with Gasteiger partial charge in [0.05, 0.1) is 5.69 Å². The summed E-state index contributed by atoms with van der Waals surface area (Å²) in [6, 6.07) is 8.19. The number of rotatable bonds is 5. The van der Waals surface area contributed by atoms with Crippen molar-refractivity contribution in [3.8, 4) is 0 Å². The van der Waals surface area contributed by atoms with Crippen LogP contribution >= 0.6 is 0 Å². The van der Waals surface area contributed by atoms with Gasteiger partial charge in [-0.15, -0.1) is 0 Å². The second kappa shape index (κ2) is 6.52. The summed E-state index contributed by atoms with van der Waals surface area (Å²) in [5.74, 6) is 0. The molecule has 2 rings (SSSR count). The van der Waals surface area contributed by atoms with Crippen LogP contribution in [0.1, 0.15) is 25.3 Å². The maximum Gasteiger partial charge on any atom is 0.430 e. The molecule has 0 atom stereocenters. The van der Waals surface area contributed by atoms with Crippen LogP contribution < -0.4 is 5.73 Å². The van der Waals surface area contributed by atoms with Crippen molar-refractivity contribution in [1.82, 2.24) is 4.90 Å². The van der Waals surface area contributed by atoms with E-state index < -0.39 is 11.9 Å². The molecule has 1 saturated carbocycles. The lowest BCUT2D eigenvalue weighted by molar-refractivity contribution is -0.0925. The van der Waals surface area contributed by atoms with Gasteiger partial charge in [0.1, 0.15) is 5.70 Å². The molecule has 0 amide bonds. The van der Waals surface area contributed by atoms with E-state index in [0.717, 1.165) is 18.2 Å². The van der Waals surface area contributed by atoms with E-state index in [2.05, 4.69) is 16.9 Å². The van der Waals surface area contributed by atoms with Crippen LogP contribution in [0.15, 0.2) is 41.0 Å². The minimum atomic E-state index is -4.52. The molecule has 120 valence electrons. The molecule has 1 aliphatic carbocycles. The highest BCUT2D eigenvalue weighted by Crippen LogP contribution is 2.27. The van der Waals surface area contributed by atoms with Crippen molar-refractivity contribution in [2.24, 2.45) is 10.7 Å². The molecule has 1 aliphatic rings. The zero-order valence-electron chi connectivity index (χ0n) is 12.7. The van der Waals surface area contributed by atoms with Gasteiger partial charge in [-0.2, -0.15) is 13.2 Å². The zero-order chi connectivity index (χ0) is 16.3. The monoisotopic (exact) mass is 311 g/mol. The molecule has 6 heteroatoms. The summed E-state index contributed by atoms with van der Waals surface area (Å²) < 4.78 is 37.0. The second-order valence-corrected chi connectivity index (χ2v) is 5.66. The Kier molecular flexibility index (Phi) is 4.90. The quantitative estimate of drug-likeness (QED) is 0.841. The molecule has 0 aromatic heterocycles. The maximum absolute atomic E-state index is 12.3. The average molecular weight is 311 g/mol. The first-order valence-corrected chi connectivity index (χ1v) is 7.14. The van der Waals surface area contributed by atoms with Crippen LogP contribution in [-0.4, -0.2) is 29.9 Å². The Balaban J connectivity index is 2.02. The Morgan fingerprint density at radius 2 is 1.91 bits per heavy atom. The molecule has 2 N–H and O–H groups in total. The number of allylic oxidation sites excluding steroid dienone is 2. The molecule has 0 aliphatic heterocycles. The largest absolute Gasteiger partial charge is 0.430 e. The molecule has 0 unspecified atom stereocenters. The van der Waals surface area contributed by atoms with Gasteiger partial charge in [0, 0.05) is 18.3 Å². The Morgan fingerprint density at radius 3 is 2.41 bits per heavy atom. The number of halogens is 3. The highest BCUT2D eigenvalue weighted by Gasteiger charge is 2.31. The Labute approximate surface area is 128 Å². The number of nitrogens with zero attached hydrogens (tertiary/aromatic N) is 2. The van der Waals surface area contributed by atoms with Crippen molar-refractivity contribution in [2.45, 2.75) is 38.5 Å². The van der Waals surface area contributed by atoms with E-state index >= 15 is 0 Å². The Hall–Kier alpha value is -1.82. The lowest BCUT2D eigenvalue weighted by Crippen LogP contribution is -2.20. The number of hydrogen-bond donors (Lipinski definition) is 1. The van der Waals surface area contributed by atoms with Crippen molar-refractivity contribution in [3.05, 3.63) is 41.6 Å². The van der Waals surface area contributed by atoms with Crippen LogP contribution in [0, 0.1) is 0 Å². The second-order valence-electron chi connectivity index (χ2n) is 5.66. The van der Waals surface area contributed by atoms with Crippen LogP contribution in [0.5, 0.6) is 0 Å². The number of aliphatic imine (C=N–C) groups is 1. The zero-order valence-corrected chi connectivity index (χ0v) is 12.7. The van der Waals surface area contributed by atoms with E-state index in [0.29, 0.717) is 11.7 Å². The van der Waals surface area contributed by atoms with E-state index in [1.807, 2.05) is 12.1 Å². The lowest BCUT2D eigenvalue weighted by Gasteiger charge is -2.15. The predicted molar refractivity (Wildman–Crippen MR) is 82.0 cm³/mol. The summed E-state index contributed by atoms with van der Waals surface area (Å²) in [6.07, 6.45) is -1.17. The van der Waals surface area contributed by atoms with E-state index in [1.54, 1.807) is 12.1 Å². The molecule has 0 spiro atoms. The SMILES string of the molecule is CC(/C=C(\N)C(F)(F)F)=Nc1ccc(CN(C)C2CC2)cc1. The van der Waals surface area contributed by atoms with E-state index in [1.165, 1.54) is 19.8 Å². The third-order valence-electron chi connectivity index (χ3n) is 3.54. The summed E-state index contributed by atoms with van der Waals surface area (Å²) in [7, 11) is 2.10. The van der Waals surface area contributed by atoms with Crippen LogP contribution in [0.3, 0.4) is 0 Å². The normalized spacial score (nSPS) is 17.2. The van der Waals surface area contributed by atoms with Crippen LogP contribution in [0.25, 0.3) is 0 Å². The number of alkyl halides is 3. The van der Waals surface area contributed by atoms with Crippen molar-refractivity contribution < 1.29 is 13.2 Å². The molecule has 1 aromatic carbocycles. The highest BCUT2D eigenvalue weighted by atomic mass is 19.4. The van der Waals surface area contributed by atoms with Crippen LogP contribution in [-0.2, 0) is 6.54 Å². The fourth-order valence-corrected chi connectivity index (χ4v) is 2.15. The van der Waals surface area contributed by atoms with E-state index in [-0.39, 0.29) is 5.71 Å². The number of benzene rings is 1. The Bertz CT molecular complexity index is 569. The predicted octanol–water partition coefficient (Wildman–Crippen LogP) is 3.78. The first kappa shape index (κ1) is 16.5. The molecule has 1 fully saturated rings. The van der Waals surface area contributed by atoms with Gasteiger partial charge in [-0.3, -0.25) is 9.89 Å². The standard InChI is InChI=1S/C16H20F3N3/c1-11(9-15(20)16(17,18)19)21-13-5-3-12(4-6-13)10-22(2)14-7-8-14/h3-6,9,14H,7-8,10,20H2,1-2H3/b15-9-,21-11?. The fourth-order valence-electron chi connectivity index (χ4n) is 2.15. The molecule has 0 saturated heterocycles. The smallest absolute Gasteiger partial charge is 0.395 e. The molecular formula is C16H20F3N3. The summed E-state index contributed by atoms with van der Waals surface area (Å²) in [6.45, 7) is 2.36. The number of hydrogen-bond acceptors (Lipinski definition) is 3.